The summed E-state index contributed by atoms with van der Waals surface area (Å²) in [5, 5.41) is 6.47. The van der Waals surface area contributed by atoms with Crippen molar-refractivity contribution in [3.8, 4) is 5.75 Å². The van der Waals surface area contributed by atoms with E-state index in [0.717, 1.165) is 0 Å². The molecule has 0 radical (unpaired) electrons. The molecule has 0 saturated carbocycles. The zero-order valence-electron chi connectivity index (χ0n) is 14.6. The van der Waals surface area contributed by atoms with Gasteiger partial charge in [0.2, 0.25) is 11.8 Å². The summed E-state index contributed by atoms with van der Waals surface area (Å²) in [5.74, 6) is -0.152. The number of benzene rings is 2. The Labute approximate surface area is 172 Å². The highest BCUT2D eigenvalue weighted by Crippen LogP contribution is 2.33. The Kier molecular flexibility index (Phi) is 7.54. The molecule has 5 nitrogen and oxygen atoms in total. The van der Waals surface area contributed by atoms with Crippen molar-refractivity contribution in [1.29, 1.82) is 0 Å². The zero-order chi connectivity index (χ0) is 20.0. The summed E-state index contributed by atoms with van der Waals surface area (Å²) < 4.78 is 5.23. The molecule has 2 N–H and O–H groups in total. The number of hydrogen-bond donors (Lipinski definition) is 2. The van der Waals surface area contributed by atoms with Gasteiger partial charge >= 0.3 is 0 Å². The van der Waals surface area contributed by atoms with Crippen LogP contribution in [-0.2, 0) is 9.59 Å². The molecule has 0 aliphatic rings. The summed E-state index contributed by atoms with van der Waals surface area (Å²) in [6.45, 7) is 1.75. The van der Waals surface area contributed by atoms with Gasteiger partial charge in [-0.25, -0.2) is 0 Å². The van der Waals surface area contributed by atoms with Gasteiger partial charge in [0, 0.05) is 28.8 Å². The van der Waals surface area contributed by atoms with Crippen molar-refractivity contribution in [2.45, 2.75) is 13.3 Å². The lowest BCUT2D eigenvalue weighted by Gasteiger charge is -2.10. The maximum Gasteiger partial charge on any atom is 0.248 e. The predicted octanol–water partition coefficient (Wildman–Crippen LogP) is 5.66. The van der Waals surface area contributed by atoms with Gasteiger partial charge in [-0.2, -0.15) is 0 Å². The summed E-state index contributed by atoms with van der Waals surface area (Å²) in [7, 11) is 1.47. The molecule has 2 aromatic rings. The molecular formula is C19H17Cl3N2O3. The number of rotatable bonds is 6. The van der Waals surface area contributed by atoms with E-state index in [0.29, 0.717) is 44.2 Å². The molecule has 0 unspecified atom stereocenters. The van der Waals surface area contributed by atoms with Gasteiger partial charge in [-0.05, 0) is 36.4 Å². The van der Waals surface area contributed by atoms with Gasteiger partial charge in [0.15, 0.2) is 0 Å². The fourth-order valence-electron chi connectivity index (χ4n) is 2.21. The first kappa shape index (κ1) is 21.1. The van der Waals surface area contributed by atoms with Crippen LogP contribution in [-0.4, -0.2) is 18.9 Å². The average molecular weight is 428 g/mol. The van der Waals surface area contributed by atoms with E-state index in [9.17, 15) is 9.59 Å². The Morgan fingerprint density at radius 2 is 1.81 bits per heavy atom. The molecule has 0 spiro atoms. The summed E-state index contributed by atoms with van der Waals surface area (Å²) in [6, 6.07) is 8.00. The largest absolute Gasteiger partial charge is 0.495 e. The van der Waals surface area contributed by atoms with Crippen molar-refractivity contribution in [1.82, 2.24) is 0 Å². The number of hydrogen-bond acceptors (Lipinski definition) is 3. The molecule has 0 aromatic heterocycles. The van der Waals surface area contributed by atoms with Crippen molar-refractivity contribution < 1.29 is 14.3 Å². The van der Waals surface area contributed by atoms with Crippen LogP contribution in [0.1, 0.15) is 18.9 Å². The van der Waals surface area contributed by atoms with Crippen molar-refractivity contribution in [3.63, 3.8) is 0 Å². The standard InChI is InChI=1S/C19H17Cl3N2O3/c1-3-17(25)23-13-5-6-14(21)16(10-13)24-18(26)7-4-11-8-12(20)9-15(22)19(11)27-2/h4-10H,3H2,1-2H3,(H,23,25)(H,24,26)/b7-4+. The quantitative estimate of drug-likeness (QED) is 0.585. The second-order valence-corrected chi connectivity index (χ2v) is 6.68. The van der Waals surface area contributed by atoms with Crippen LogP contribution in [0.25, 0.3) is 6.08 Å². The Balaban J connectivity index is 2.17. The Morgan fingerprint density at radius 3 is 2.48 bits per heavy atom. The Morgan fingerprint density at radius 1 is 1.07 bits per heavy atom. The number of carbonyl (C=O) groups is 2. The third-order valence-corrected chi connectivity index (χ3v) is 4.31. The van der Waals surface area contributed by atoms with Gasteiger partial charge in [0.05, 0.1) is 22.8 Å². The van der Waals surface area contributed by atoms with Gasteiger partial charge in [0.25, 0.3) is 0 Å². The van der Waals surface area contributed by atoms with Gasteiger partial charge in [-0.1, -0.05) is 41.7 Å². The van der Waals surface area contributed by atoms with E-state index in [1.807, 2.05) is 0 Å². The first-order valence-electron chi connectivity index (χ1n) is 7.95. The predicted molar refractivity (Wildman–Crippen MR) is 111 cm³/mol. The third-order valence-electron chi connectivity index (χ3n) is 3.48. The highest BCUT2D eigenvalue weighted by molar-refractivity contribution is 6.36. The van der Waals surface area contributed by atoms with Gasteiger partial charge in [-0.15, -0.1) is 0 Å². The molecular weight excluding hydrogens is 411 g/mol. The number of carbonyl (C=O) groups excluding carboxylic acids is 2. The van der Waals surface area contributed by atoms with E-state index in [1.165, 1.54) is 19.3 Å². The smallest absolute Gasteiger partial charge is 0.248 e. The Bertz CT molecular complexity index is 898. The van der Waals surface area contributed by atoms with Crippen molar-refractivity contribution in [3.05, 3.63) is 57.0 Å². The third kappa shape index (κ3) is 5.89. The first-order valence-corrected chi connectivity index (χ1v) is 9.09. The molecule has 0 aliphatic heterocycles. The SMILES string of the molecule is CCC(=O)Nc1ccc(Cl)c(NC(=O)/C=C/c2cc(Cl)cc(Cl)c2OC)c1. The zero-order valence-corrected chi connectivity index (χ0v) is 16.9. The summed E-state index contributed by atoms with van der Waals surface area (Å²) in [4.78, 5) is 23.7. The van der Waals surface area contributed by atoms with Crippen LogP contribution in [0, 0.1) is 0 Å². The van der Waals surface area contributed by atoms with E-state index in [-0.39, 0.29) is 5.91 Å². The first-order chi connectivity index (χ1) is 12.8. The highest BCUT2D eigenvalue weighted by atomic mass is 35.5. The molecule has 0 heterocycles. The number of halogens is 3. The van der Waals surface area contributed by atoms with E-state index >= 15 is 0 Å². The van der Waals surface area contributed by atoms with Gasteiger partial charge in [-0.3, -0.25) is 9.59 Å². The molecule has 0 fully saturated rings. The van der Waals surface area contributed by atoms with Crippen LogP contribution < -0.4 is 15.4 Å². The van der Waals surface area contributed by atoms with Crippen LogP contribution in [0.15, 0.2) is 36.4 Å². The van der Waals surface area contributed by atoms with Crippen LogP contribution in [0.4, 0.5) is 11.4 Å². The fourth-order valence-corrected chi connectivity index (χ4v) is 2.96. The molecule has 0 atom stereocenters. The summed E-state index contributed by atoms with van der Waals surface area (Å²) >= 11 is 18.2. The normalized spacial score (nSPS) is 10.7. The minimum Gasteiger partial charge on any atom is -0.495 e. The lowest BCUT2D eigenvalue weighted by molar-refractivity contribution is -0.116. The molecule has 142 valence electrons. The number of amides is 2. The maximum absolute atomic E-state index is 12.2. The lowest BCUT2D eigenvalue weighted by atomic mass is 10.2. The molecule has 2 rings (SSSR count). The summed E-state index contributed by atoms with van der Waals surface area (Å²) in [5.41, 5.74) is 1.46. The minimum atomic E-state index is -0.422. The monoisotopic (exact) mass is 426 g/mol. The second kappa shape index (κ2) is 9.65. The van der Waals surface area contributed by atoms with Crippen molar-refractivity contribution >= 4 is 64.1 Å². The average Bonchev–Trinajstić information content (AvgIpc) is 2.62. The maximum atomic E-state index is 12.2. The number of ether oxygens (including phenoxy) is 1. The molecule has 0 saturated heterocycles. The number of nitrogens with one attached hydrogen (secondary N) is 2. The van der Waals surface area contributed by atoms with Crippen LogP contribution in [0.3, 0.4) is 0 Å². The highest BCUT2D eigenvalue weighted by Gasteiger charge is 2.09. The van der Waals surface area contributed by atoms with Crippen LogP contribution in [0.5, 0.6) is 5.75 Å². The van der Waals surface area contributed by atoms with E-state index < -0.39 is 5.91 Å². The Hall–Kier alpha value is -2.21. The van der Waals surface area contributed by atoms with Crippen LogP contribution >= 0.6 is 34.8 Å². The van der Waals surface area contributed by atoms with Gasteiger partial charge in [0.1, 0.15) is 5.75 Å². The fraction of sp³-hybridized carbons (Fsp3) is 0.158. The van der Waals surface area contributed by atoms with Crippen molar-refractivity contribution in [2.24, 2.45) is 0 Å². The molecule has 2 amide bonds. The summed E-state index contributed by atoms with van der Waals surface area (Å²) in [6.07, 6.45) is 3.18. The molecule has 8 heteroatoms. The number of methoxy groups -OCH3 is 1. The van der Waals surface area contributed by atoms with E-state index in [1.54, 1.807) is 37.3 Å². The second-order valence-electron chi connectivity index (χ2n) is 5.43. The van der Waals surface area contributed by atoms with Crippen LogP contribution in [0.2, 0.25) is 15.1 Å². The topological polar surface area (TPSA) is 67.4 Å². The van der Waals surface area contributed by atoms with E-state index in [4.69, 9.17) is 39.5 Å². The lowest BCUT2D eigenvalue weighted by Crippen LogP contribution is -2.11. The van der Waals surface area contributed by atoms with E-state index in [2.05, 4.69) is 10.6 Å². The molecule has 0 bridgehead atoms. The molecule has 0 aliphatic carbocycles. The van der Waals surface area contributed by atoms with Gasteiger partial charge < -0.3 is 15.4 Å². The molecule has 2 aromatic carbocycles. The molecule has 27 heavy (non-hydrogen) atoms. The minimum absolute atomic E-state index is 0.139. The number of anilines is 2. The van der Waals surface area contributed by atoms with Crippen molar-refractivity contribution in [2.75, 3.05) is 17.7 Å².